The van der Waals surface area contributed by atoms with E-state index >= 15 is 0 Å². The largest absolute Gasteiger partial charge is 0.496 e. The fourth-order valence-corrected chi connectivity index (χ4v) is 9.49. The first-order valence-corrected chi connectivity index (χ1v) is 31.6. The second-order valence-corrected chi connectivity index (χ2v) is 23.9. The Bertz CT molecular complexity index is 5110. The number of aryl methyl sites for hydroxylation is 5. The average Bonchev–Trinajstić information content (AvgIpc) is 1.54. The van der Waals surface area contributed by atoms with Gasteiger partial charge in [0.25, 0.3) is 11.8 Å². The number of carbonyl (C=O) groups is 3. The third-order valence-corrected chi connectivity index (χ3v) is 15.4. The van der Waals surface area contributed by atoms with Crippen LogP contribution in [-0.2, 0) is 23.4 Å². The third kappa shape index (κ3) is 20.3. The van der Waals surface area contributed by atoms with Crippen molar-refractivity contribution in [2.45, 2.75) is 79.5 Å². The molecule has 2 amide bonds. The summed E-state index contributed by atoms with van der Waals surface area (Å²) in [6.45, 7) is 4.47. The van der Waals surface area contributed by atoms with Crippen molar-refractivity contribution in [2.24, 2.45) is 14.1 Å². The molecule has 0 bridgehead atoms. The summed E-state index contributed by atoms with van der Waals surface area (Å²) in [5.41, 5.74) is 24.8. The first-order valence-electron chi connectivity index (χ1n) is 30.8. The van der Waals surface area contributed by atoms with E-state index in [9.17, 15) is 50.3 Å². The van der Waals surface area contributed by atoms with E-state index in [0.29, 0.717) is 11.3 Å². The topological polar surface area (TPSA) is 421 Å². The van der Waals surface area contributed by atoms with Crippen molar-refractivity contribution in [1.29, 1.82) is 0 Å². The van der Waals surface area contributed by atoms with Gasteiger partial charge >= 0.3 is 32.9 Å². The van der Waals surface area contributed by atoms with Gasteiger partial charge in [-0.2, -0.15) is 41.6 Å². The maximum atomic E-state index is 13.0. The second-order valence-electron chi connectivity index (χ2n) is 23.2. The van der Waals surface area contributed by atoms with Crippen LogP contribution in [0.5, 0.6) is 17.2 Å². The lowest BCUT2D eigenvalue weighted by atomic mass is 9.80. The molecule has 31 nitrogen and oxygen atoms in total. The van der Waals surface area contributed by atoms with E-state index < -0.39 is 44.7 Å². The molecule has 11 aromatic rings. The molecule has 0 atom stereocenters. The number of nitrogen functional groups attached to an aromatic ring is 4. The number of halogens is 8. The number of alkyl halides is 6. The molecule has 12 rings (SSSR count). The van der Waals surface area contributed by atoms with Crippen LogP contribution < -0.4 is 64.4 Å². The molecule has 1 aliphatic rings. The minimum absolute atomic E-state index is 0.00411. The molecule has 1 fully saturated rings. The number of nitrogens with two attached hydrogens (primary N) is 4. The molecule has 0 saturated carbocycles. The molecule has 0 spiro atoms. The van der Waals surface area contributed by atoms with Gasteiger partial charge in [0, 0.05) is 62.8 Å². The molecule has 1 aliphatic heterocycles. The number of ether oxygens (including phenoxy) is 3. The van der Waals surface area contributed by atoms with E-state index in [1.165, 1.54) is 96.1 Å². The van der Waals surface area contributed by atoms with E-state index in [0.717, 1.165) is 16.9 Å². The summed E-state index contributed by atoms with van der Waals surface area (Å²) in [4.78, 5) is 83.8. The van der Waals surface area contributed by atoms with Crippen LogP contribution in [0.25, 0.3) is 28.7 Å². The number of nitrogens with zero attached hydrogens (tertiary/aromatic N) is 14. The number of para-hydroxylation sites is 6. The zero-order valence-corrected chi connectivity index (χ0v) is 58.8. The summed E-state index contributed by atoms with van der Waals surface area (Å²) >= 11 is 11.9. The summed E-state index contributed by atoms with van der Waals surface area (Å²) in [7, 11) is 2.88. The van der Waals surface area contributed by atoms with Crippen molar-refractivity contribution in [3.63, 3.8) is 0 Å². The Morgan fingerprint density at radius 1 is 0.509 bits per heavy atom. The van der Waals surface area contributed by atoms with Gasteiger partial charge in [0.05, 0.1) is 45.3 Å². The number of carboxylic acid groups (broad SMARTS) is 1. The molecule has 1 saturated heterocycles. The molecular weight excluding hydrogens is 1440 g/mol. The molecule has 11 N–H and O–H groups in total. The number of benzene rings is 3. The van der Waals surface area contributed by atoms with E-state index in [1.54, 1.807) is 108 Å². The Morgan fingerprint density at radius 2 is 0.887 bits per heavy atom. The molecule has 0 aliphatic carbocycles. The van der Waals surface area contributed by atoms with Crippen LogP contribution in [0.1, 0.15) is 76.2 Å². The Balaban J connectivity index is 0.000000176. The standard InChI is InChI=1S/C22H19F2N7O3.C16H13ClF2N6O2.C12H18BNO3.C9H8ClN5O2.C7H7F2NO/c1-12-9-10-31(29-12)20-17(13-7-8-16(32)30(2)11-13)27-18(19(25)28-20)21(33)26-14-5-3-4-6-15(14)34-22(23)24;1-8-6-7-25(24-8)14-12(17)22-11(13(20)23-14)15(26)21-9-4-2-3-5-10(9)27-16(18)19;1-11(2)12(3,4)17-13(16-11)9-6-7-10(15)14(5)8-9;1-4-2-3-15(14-4)8-6(10)12-5(9(16)17)7(11)13-8;8-7(9)11-6-4-2-1-3-5(6)10/h3-11,22H,1-2H3,(H2,25,28)(H,26,33);2-7,16H,1H3,(H2,20,23)(H,21,26);6-8H,1-5H3;2-3H,1H3,(H2,11,13)(H,16,17);1-4,7H,10H2. The van der Waals surface area contributed by atoms with Gasteiger partial charge in [0.15, 0.2) is 62.3 Å². The van der Waals surface area contributed by atoms with Crippen LogP contribution in [0.4, 0.5) is 60.9 Å². The first-order chi connectivity index (χ1) is 50.0. The number of hydrogen-bond acceptors (Lipinski definition) is 23. The lowest BCUT2D eigenvalue weighted by Crippen LogP contribution is -2.41. The lowest BCUT2D eigenvalue weighted by molar-refractivity contribution is -0.0500. The first kappa shape index (κ1) is 79.3. The Labute approximate surface area is 607 Å². The zero-order valence-electron chi connectivity index (χ0n) is 57.3. The van der Waals surface area contributed by atoms with Crippen LogP contribution in [-0.4, -0.2) is 129 Å². The Kier molecular flexibility index (Phi) is 25.6. The number of carbonyl (C=O) groups excluding carboxylic acids is 2. The van der Waals surface area contributed by atoms with Crippen molar-refractivity contribution in [3.05, 3.63) is 211 Å². The van der Waals surface area contributed by atoms with Crippen molar-refractivity contribution in [2.75, 3.05) is 33.6 Å². The van der Waals surface area contributed by atoms with Crippen molar-refractivity contribution < 1.29 is 69.4 Å². The monoisotopic (exact) mass is 1510 g/mol. The molecule has 8 aromatic heterocycles. The van der Waals surface area contributed by atoms with E-state index in [1.807, 2.05) is 27.7 Å². The van der Waals surface area contributed by atoms with Gasteiger partial charge < -0.3 is 71.3 Å². The molecule has 554 valence electrons. The molecule has 40 heteroatoms. The van der Waals surface area contributed by atoms with Crippen LogP contribution >= 0.6 is 23.2 Å². The van der Waals surface area contributed by atoms with Gasteiger partial charge in [-0.25, -0.2) is 48.7 Å². The van der Waals surface area contributed by atoms with Crippen molar-refractivity contribution >= 4 is 88.1 Å². The highest BCUT2D eigenvalue weighted by Crippen LogP contribution is 2.37. The highest BCUT2D eigenvalue weighted by Gasteiger charge is 2.52. The normalized spacial score (nSPS) is 12.5. The maximum Gasteiger partial charge on any atom is 0.496 e. The second kappa shape index (κ2) is 34.2. The van der Waals surface area contributed by atoms with Gasteiger partial charge in [0.1, 0.15) is 22.9 Å². The average molecular weight is 1510 g/mol. The quantitative estimate of drug-likeness (QED) is 0.0269. The van der Waals surface area contributed by atoms with Gasteiger partial charge in [-0.05, 0) is 115 Å². The van der Waals surface area contributed by atoms with Crippen molar-refractivity contribution in [1.82, 2.24) is 68.4 Å². The number of rotatable bonds is 16. The van der Waals surface area contributed by atoms with E-state index in [2.05, 4.69) is 70.0 Å². The summed E-state index contributed by atoms with van der Waals surface area (Å²) in [5.74, 6) is -3.28. The number of amides is 2. The zero-order chi connectivity index (χ0) is 77.6. The summed E-state index contributed by atoms with van der Waals surface area (Å²) in [6, 6.07) is 28.9. The highest BCUT2D eigenvalue weighted by atomic mass is 35.5. The molecule has 0 unspecified atom stereocenters. The molecule has 3 aromatic carbocycles. The highest BCUT2D eigenvalue weighted by molar-refractivity contribution is 6.62. The molecule has 106 heavy (non-hydrogen) atoms. The number of hydrogen-bond donors (Lipinski definition) is 7. The molecular formula is C66H65BCl2F6N20O11. The van der Waals surface area contributed by atoms with Gasteiger partial charge in [-0.1, -0.05) is 65.7 Å². The van der Waals surface area contributed by atoms with Crippen LogP contribution in [0.2, 0.25) is 10.3 Å². The predicted molar refractivity (Wildman–Crippen MR) is 380 cm³/mol. The minimum atomic E-state index is -3.07. The minimum Gasteiger partial charge on any atom is -0.476 e. The van der Waals surface area contributed by atoms with Gasteiger partial charge in [-0.3, -0.25) is 19.2 Å². The number of aromatic nitrogens is 14. The summed E-state index contributed by atoms with van der Waals surface area (Å²) in [6.07, 6.45) is 8.19. The van der Waals surface area contributed by atoms with Crippen LogP contribution in [0.3, 0.4) is 0 Å². The maximum absolute atomic E-state index is 13.0. The summed E-state index contributed by atoms with van der Waals surface area (Å²) in [5, 5.41) is 26.1. The smallest absolute Gasteiger partial charge is 0.476 e. The SMILES string of the molecule is Cc1ccn(-c2nc(N)c(C(=O)Nc3ccccc3OC(F)F)nc2-c2ccc(=O)n(C)c2)n1.Cc1ccn(-c2nc(N)c(C(=O)Nc3ccccc3OC(F)F)nc2Cl)n1.Cc1ccn(-c2nc(N)c(C(=O)O)nc2Cl)n1.Cn1cc(B2OC(C)(C)C(C)(C)O2)ccc1=O.Nc1ccccc1OC(F)F. The number of pyridine rings is 2. The van der Waals surface area contributed by atoms with Gasteiger partial charge in [0.2, 0.25) is 11.1 Å². The Hall–Kier alpha value is -12.4. The number of anilines is 6. The summed E-state index contributed by atoms with van der Waals surface area (Å²) < 4.78 is 105. The number of aromatic carboxylic acids is 1. The number of carboxylic acids is 1. The molecule has 0 radical (unpaired) electrons. The fourth-order valence-electron chi connectivity index (χ4n) is 9.06. The van der Waals surface area contributed by atoms with E-state index in [-0.39, 0.29) is 125 Å². The van der Waals surface area contributed by atoms with Crippen LogP contribution in [0, 0.1) is 20.8 Å². The van der Waals surface area contributed by atoms with E-state index in [4.69, 9.17) is 60.6 Å². The molecule has 9 heterocycles. The Morgan fingerprint density at radius 3 is 1.30 bits per heavy atom. The lowest BCUT2D eigenvalue weighted by Gasteiger charge is -2.32. The number of nitrogens with one attached hydrogen (secondary N) is 2. The van der Waals surface area contributed by atoms with Gasteiger partial charge in [-0.15, -0.1) is 0 Å². The predicted octanol–water partition coefficient (Wildman–Crippen LogP) is 9.29. The third-order valence-electron chi connectivity index (χ3n) is 14.9. The van der Waals surface area contributed by atoms with Crippen LogP contribution in [0.15, 0.2) is 156 Å². The van der Waals surface area contributed by atoms with Crippen molar-refractivity contribution in [3.8, 4) is 46.0 Å². The fraction of sp³-hybridized carbons (Fsp3) is 0.212.